The number of hydrogen-bond acceptors (Lipinski definition) is 4. The lowest BCUT2D eigenvalue weighted by molar-refractivity contribution is -0.139. The lowest BCUT2D eigenvalue weighted by atomic mass is 9.85. The van der Waals surface area contributed by atoms with Crippen molar-refractivity contribution in [1.29, 1.82) is 0 Å². The van der Waals surface area contributed by atoms with Gasteiger partial charge in [-0.15, -0.1) is 0 Å². The standard InChI is InChI=1S/C15H21N3O2/c19-15(20)10-18(9-11-4-5-11)13-7-12(8-13)17-14-3-1-2-6-16-14/h1-3,6,11-13H,4-5,7-10H2,(H,16,17)(H,19,20). The molecule has 2 N–H and O–H groups in total. The van der Waals surface area contributed by atoms with E-state index >= 15 is 0 Å². The summed E-state index contributed by atoms with van der Waals surface area (Å²) in [5.74, 6) is 0.923. The maximum Gasteiger partial charge on any atom is 0.317 e. The topological polar surface area (TPSA) is 65.5 Å². The molecule has 20 heavy (non-hydrogen) atoms. The lowest BCUT2D eigenvalue weighted by Gasteiger charge is -2.43. The molecule has 5 heteroatoms. The molecule has 3 rings (SSSR count). The number of anilines is 1. The predicted octanol–water partition coefficient (Wildman–Crippen LogP) is 1.82. The van der Waals surface area contributed by atoms with Crippen LogP contribution in [0.15, 0.2) is 24.4 Å². The van der Waals surface area contributed by atoms with E-state index in [9.17, 15) is 4.79 Å². The largest absolute Gasteiger partial charge is 0.480 e. The van der Waals surface area contributed by atoms with Crippen LogP contribution in [0.25, 0.3) is 0 Å². The summed E-state index contributed by atoms with van der Waals surface area (Å²) in [6, 6.07) is 6.67. The van der Waals surface area contributed by atoms with Crippen LogP contribution in [0.5, 0.6) is 0 Å². The Labute approximate surface area is 119 Å². The van der Waals surface area contributed by atoms with E-state index in [0.717, 1.165) is 31.1 Å². The number of pyridine rings is 1. The quantitative estimate of drug-likeness (QED) is 0.794. The minimum Gasteiger partial charge on any atom is -0.480 e. The maximum atomic E-state index is 11.0. The second-order valence-corrected chi connectivity index (χ2v) is 5.95. The van der Waals surface area contributed by atoms with Crippen LogP contribution in [0.4, 0.5) is 5.82 Å². The molecule has 0 spiro atoms. The monoisotopic (exact) mass is 275 g/mol. The molecule has 0 atom stereocenters. The van der Waals surface area contributed by atoms with E-state index in [1.165, 1.54) is 12.8 Å². The second kappa shape index (κ2) is 5.79. The van der Waals surface area contributed by atoms with Gasteiger partial charge in [0, 0.05) is 24.8 Å². The van der Waals surface area contributed by atoms with Crippen molar-refractivity contribution in [1.82, 2.24) is 9.88 Å². The highest BCUT2D eigenvalue weighted by Crippen LogP contribution is 2.34. The van der Waals surface area contributed by atoms with E-state index in [1.807, 2.05) is 18.2 Å². The van der Waals surface area contributed by atoms with Gasteiger partial charge in [-0.3, -0.25) is 9.69 Å². The molecule has 0 bridgehead atoms. The van der Waals surface area contributed by atoms with Crippen molar-refractivity contribution < 1.29 is 9.90 Å². The molecule has 1 aromatic heterocycles. The first-order valence-corrected chi connectivity index (χ1v) is 7.34. The first-order chi connectivity index (χ1) is 9.70. The fourth-order valence-electron chi connectivity index (χ4n) is 2.81. The van der Waals surface area contributed by atoms with Crippen molar-refractivity contribution in [2.75, 3.05) is 18.4 Å². The Morgan fingerprint density at radius 1 is 1.40 bits per heavy atom. The molecule has 2 saturated carbocycles. The van der Waals surface area contributed by atoms with Crippen molar-refractivity contribution in [3.63, 3.8) is 0 Å². The molecular weight excluding hydrogens is 254 g/mol. The van der Waals surface area contributed by atoms with Crippen molar-refractivity contribution in [3.05, 3.63) is 24.4 Å². The fourth-order valence-corrected chi connectivity index (χ4v) is 2.81. The van der Waals surface area contributed by atoms with Crippen molar-refractivity contribution in [2.45, 2.75) is 37.8 Å². The van der Waals surface area contributed by atoms with Gasteiger partial charge >= 0.3 is 5.97 Å². The van der Waals surface area contributed by atoms with E-state index < -0.39 is 5.97 Å². The zero-order chi connectivity index (χ0) is 13.9. The summed E-state index contributed by atoms with van der Waals surface area (Å²) in [6.07, 6.45) is 6.33. The zero-order valence-electron chi connectivity index (χ0n) is 11.5. The Bertz CT molecular complexity index is 455. The molecule has 5 nitrogen and oxygen atoms in total. The fraction of sp³-hybridized carbons (Fsp3) is 0.600. The first kappa shape index (κ1) is 13.4. The highest BCUT2D eigenvalue weighted by atomic mass is 16.4. The van der Waals surface area contributed by atoms with Gasteiger partial charge in [0.05, 0.1) is 6.54 Å². The van der Waals surface area contributed by atoms with Gasteiger partial charge in [0.2, 0.25) is 0 Å². The summed E-state index contributed by atoms with van der Waals surface area (Å²) in [5.41, 5.74) is 0. The number of carboxylic acid groups (broad SMARTS) is 1. The van der Waals surface area contributed by atoms with Crippen molar-refractivity contribution in [2.24, 2.45) is 5.92 Å². The van der Waals surface area contributed by atoms with Gasteiger partial charge in [0.1, 0.15) is 5.82 Å². The summed E-state index contributed by atoms with van der Waals surface area (Å²) in [6.45, 7) is 1.13. The molecule has 1 aromatic rings. The summed E-state index contributed by atoms with van der Waals surface area (Å²) < 4.78 is 0. The lowest BCUT2D eigenvalue weighted by Crippen LogP contribution is -2.52. The molecule has 0 unspecified atom stereocenters. The Hall–Kier alpha value is -1.62. The summed E-state index contributed by atoms with van der Waals surface area (Å²) >= 11 is 0. The molecular formula is C15H21N3O2. The summed E-state index contributed by atoms with van der Waals surface area (Å²) in [5, 5.41) is 12.4. The average molecular weight is 275 g/mol. The van der Waals surface area contributed by atoms with Crippen LogP contribution < -0.4 is 5.32 Å². The van der Waals surface area contributed by atoms with Gasteiger partial charge in [-0.1, -0.05) is 6.07 Å². The van der Waals surface area contributed by atoms with Crippen LogP contribution in [-0.2, 0) is 4.79 Å². The van der Waals surface area contributed by atoms with E-state index in [-0.39, 0.29) is 6.54 Å². The van der Waals surface area contributed by atoms with E-state index in [4.69, 9.17) is 5.11 Å². The van der Waals surface area contributed by atoms with Gasteiger partial charge in [-0.05, 0) is 43.7 Å². The van der Waals surface area contributed by atoms with Gasteiger partial charge < -0.3 is 10.4 Å². The molecule has 2 fully saturated rings. The number of aromatic nitrogens is 1. The van der Waals surface area contributed by atoms with Crippen LogP contribution in [0.2, 0.25) is 0 Å². The Kier molecular flexibility index (Phi) is 3.87. The number of nitrogens with one attached hydrogen (secondary N) is 1. The predicted molar refractivity (Wildman–Crippen MR) is 76.6 cm³/mol. The van der Waals surface area contributed by atoms with Crippen LogP contribution in [0.1, 0.15) is 25.7 Å². The number of carboxylic acids is 1. The maximum absolute atomic E-state index is 11.0. The van der Waals surface area contributed by atoms with Crippen LogP contribution in [0.3, 0.4) is 0 Å². The Morgan fingerprint density at radius 2 is 2.20 bits per heavy atom. The normalized spacial score (nSPS) is 25.2. The number of hydrogen-bond donors (Lipinski definition) is 2. The third-order valence-electron chi connectivity index (χ3n) is 4.17. The van der Waals surface area contributed by atoms with Gasteiger partial charge in [0.25, 0.3) is 0 Å². The highest BCUT2D eigenvalue weighted by molar-refractivity contribution is 5.69. The molecule has 2 aliphatic rings. The first-order valence-electron chi connectivity index (χ1n) is 7.34. The highest BCUT2D eigenvalue weighted by Gasteiger charge is 2.37. The molecule has 1 heterocycles. The SMILES string of the molecule is O=C(O)CN(CC1CC1)C1CC(Nc2ccccn2)C1. The average Bonchev–Trinajstić information content (AvgIpc) is 3.17. The molecule has 2 aliphatic carbocycles. The summed E-state index contributed by atoms with van der Waals surface area (Å²) in [7, 11) is 0. The van der Waals surface area contributed by atoms with Gasteiger partial charge in [0.15, 0.2) is 0 Å². The van der Waals surface area contributed by atoms with Crippen LogP contribution in [0, 0.1) is 5.92 Å². The van der Waals surface area contributed by atoms with E-state index in [2.05, 4.69) is 15.2 Å². The minimum absolute atomic E-state index is 0.178. The third-order valence-corrected chi connectivity index (χ3v) is 4.17. The minimum atomic E-state index is -0.716. The Balaban J connectivity index is 1.48. The van der Waals surface area contributed by atoms with Crippen LogP contribution in [-0.4, -0.2) is 46.1 Å². The zero-order valence-corrected chi connectivity index (χ0v) is 11.5. The number of aliphatic carboxylic acids is 1. The summed E-state index contributed by atoms with van der Waals surface area (Å²) in [4.78, 5) is 17.4. The third kappa shape index (κ3) is 3.48. The molecule has 0 aromatic carbocycles. The molecule has 108 valence electrons. The number of nitrogens with zero attached hydrogens (tertiary/aromatic N) is 2. The smallest absolute Gasteiger partial charge is 0.317 e. The van der Waals surface area contributed by atoms with Crippen molar-refractivity contribution in [3.8, 4) is 0 Å². The van der Waals surface area contributed by atoms with E-state index in [0.29, 0.717) is 12.1 Å². The van der Waals surface area contributed by atoms with Crippen molar-refractivity contribution >= 4 is 11.8 Å². The van der Waals surface area contributed by atoms with Crippen LogP contribution >= 0.6 is 0 Å². The van der Waals surface area contributed by atoms with Gasteiger partial charge in [-0.2, -0.15) is 0 Å². The second-order valence-electron chi connectivity index (χ2n) is 5.95. The number of carbonyl (C=O) groups is 1. The molecule has 0 saturated heterocycles. The molecule has 0 aliphatic heterocycles. The van der Waals surface area contributed by atoms with E-state index in [1.54, 1.807) is 6.20 Å². The Morgan fingerprint density at radius 3 is 2.80 bits per heavy atom. The molecule has 0 radical (unpaired) electrons. The molecule has 0 amide bonds. The number of rotatable bonds is 7. The van der Waals surface area contributed by atoms with Gasteiger partial charge in [-0.25, -0.2) is 4.98 Å².